The van der Waals surface area contributed by atoms with Crippen LogP contribution in [0.25, 0.3) is 5.69 Å². The SMILES string of the molecule is CNCc1ccc(-n2ccnn2)cc1. The summed E-state index contributed by atoms with van der Waals surface area (Å²) in [5.41, 5.74) is 2.29. The van der Waals surface area contributed by atoms with Gasteiger partial charge in [-0.15, -0.1) is 5.10 Å². The monoisotopic (exact) mass is 188 g/mol. The Bertz CT molecular complexity index is 377. The summed E-state index contributed by atoms with van der Waals surface area (Å²) in [6.07, 6.45) is 3.49. The number of nitrogens with zero attached hydrogens (tertiary/aromatic N) is 3. The van der Waals surface area contributed by atoms with Crippen molar-refractivity contribution >= 4 is 0 Å². The Kier molecular flexibility index (Phi) is 2.55. The zero-order valence-corrected chi connectivity index (χ0v) is 8.01. The predicted octanol–water partition coefficient (Wildman–Crippen LogP) is 0.987. The summed E-state index contributed by atoms with van der Waals surface area (Å²) in [6, 6.07) is 8.21. The Morgan fingerprint density at radius 3 is 2.64 bits per heavy atom. The van der Waals surface area contributed by atoms with Crippen LogP contribution in [-0.4, -0.2) is 22.0 Å². The molecule has 1 aromatic carbocycles. The molecule has 4 nitrogen and oxygen atoms in total. The minimum atomic E-state index is 0.887. The Labute approximate surface area is 82.6 Å². The second-order valence-electron chi connectivity index (χ2n) is 3.04. The molecule has 72 valence electrons. The zero-order valence-electron chi connectivity index (χ0n) is 8.01. The molecule has 0 aliphatic heterocycles. The molecule has 0 saturated heterocycles. The highest BCUT2D eigenvalue weighted by Gasteiger charge is 1.96. The number of rotatable bonds is 3. The summed E-state index contributed by atoms with van der Waals surface area (Å²) >= 11 is 0. The van der Waals surface area contributed by atoms with E-state index in [2.05, 4.69) is 27.8 Å². The first-order valence-electron chi connectivity index (χ1n) is 4.50. The highest BCUT2D eigenvalue weighted by Crippen LogP contribution is 2.07. The average Bonchev–Trinajstić information content (AvgIpc) is 2.72. The third-order valence-electron chi connectivity index (χ3n) is 2.00. The minimum absolute atomic E-state index is 0.887. The van der Waals surface area contributed by atoms with Gasteiger partial charge in [0.1, 0.15) is 0 Å². The molecule has 14 heavy (non-hydrogen) atoms. The maximum atomic E-state index is 3.91. The third kappa shape index (κ3) is 1.80. The van der Waals surface area contributed by atoms with Gasteiger partial charge in [0.25, 0.3) is 0 Å². The van der Waals surface area contributed by atoms with Crippen molar-refractivity contribution in [3.63, 3.8) is 0 Å². The largest absolute Gasteiger partial charge is 0.316 e. The fraction of sp³-hybridized carbons (Fsp3) is 0.200. The molecule has 0 saturated carbocycles. The fourth-order valence-corrected chi connectivity index (χ4v) is 1.32. The van der Waals surface area contributed by atoms with Crippen LogP contribution in [0.15, 0.2) is 36.7 Å². The van der Waals surface area contributed by atoms with E-state index in [1.165, 1.54) is 5.56 Å². The van der Waals surface area contributed by atoms with Crippen molar-refractivity contribution in [2.24, 2.45) is 0 Å². The van der Waals surface area contributed by atoms with Crippen LogP contribution in [-0.2, 0) is 6.54 Å². The molecular weight excluding hydrogens is 176 g/mol. The maximum Gasteiger partial charge on any atom is 0.0697 e. The quantitative estimate of drug-likeness (QED) is 0.781. The summed E-state index contributed by atoms with van der Waals surface area (Å²) in [7, 11) is 1.94. The smallest absolute Gasteiger partial charge is 0.0697 e. The van der Waals surface area contributed by atoms with E-state index in [1.54, 1.807) is 10.9 Å². The molecule has 0 radical (unpaired) electrons. The molecule has 0 amide bonds. The Morgan fingerprint density at radius 1 is 1.29 bits per heavy atom. The van der Waals surface area contributed by atoms with Gasteiger partial charge >= 0.3 is 0 Å². The van der Waals surface area contributed by atoms with Crippen molar-refractivity contribution in [3.8, 4) is 5.69 Å². The Balaban J connectivity index is 2.22. The summed E-state index contributed by atoms with van der Waals surface area (Å²) in [6.45, 7) is 0.887. The molecule has 0 aliphatic rings. The lowest BCUT2D eigenvalue weighted by Crippen LogP contribution is -2.05. The summed E-state index contributed by atoms with van der Waals surface area (Å²) < 4.78 is 1.74. The molecule has 2 rings (SSSR count). The topological polar surface area (TPSA) is 42.7 Å². The highest BCUT2D eigenvalue weighted by molar-refractivity contribution is 5.33. The summed E-state index contributed by atoms with van der Waals surface area (Å²) in [4.78, 5) is 0. The first-order chi connectivity index (χ1) is 6.90. The second kappa shape index (κ2) is 4.02. The molecule has 1 heterocycles. The van der Waals surface area contributed by atoms with Gasteiger partial charge in [-0.1, -0.05) is 17.3 Å². The van der Waals surface area contributed by atoms with Gasteiger partial charge in [0.2, 0.25) is 0 Å². The third-order valence-corrected chi connectivity index (χ3v) is 2.00. The van der Waals surface area contributed by atoms with E-state index in [-0.39, 0.29) is 0 Å². The van der Waals surface area contributed by atoms with E-state index in [9.17, 15) is 0 Å². The fourth-order valence-electron chi connectivity index (χ4n) is 1.32. The van der Waals surface area contributed by atoms with E-state index in [1.807, 2.05) is 25.4 Å². The number of nitrogens with one attached hydrogen (secondary N) is 1. The van der Waals surface area contributed by atoms with E-state index >= 15 is 0 Å². The molecule has 0 bridgehead atoms. The summed E-state index contributed by atoms with van der Waals surface area (Å²) in [5, 5.41) is 10.8. The predicted molar refractivity (Wildman–Crippen MR) is 54.1 cm³/mol. The highest BCUT2D eigenvalue weighted by atomic mass is 15.4. The Morgan fingerprint density at radius 2 is 2.07 bits per heavy atom. The van der Waals surface area contributed by atoms with Crippen LogP contribution in [0.5, 0.6) is 0 Å². The molecule has 0 fully saturated rings. The molecule has 0 unspecified atom stereocenters. The minimum Gasteiger partial charge on any atom is -0.316 e. The van der Waals surface area contributed by atoms with Crippen LogP contribution in [0.1, 0.15) is 5.56 Å². The standard InChI is InChI=1S/C10H12N4/c1-11-8-9-2-4-10(5-3-9)14-7-6-12-13-14/h2-7,11H,8H2,1H3. The van der Waals surface area contributed by atoms with Gasteiger partial charge in [-0.05, 0) is 24.7 Å². The van der Waals surface area contributed by atoms with E-state index in [0.717, 1.165) is 12.2 Å². The zero-order chi connectivity index (χ0) is 9.80. The first-order valence-corrected chi connectivity index (χ1v) is 4.50. The lowest BCUT2D eigenvalue weighted by Gasteiger charge is -2.02. The number of hydrogen-bond donors (Lipinski definition) is 1. The molecule has 0 spiro atoms. The van der Waals surface area contributed by atoms with Crippen molar-refractivity contribution < 1.29 is 0 Å². The van der Waals surface area contributed by atoms with Gasteiger partial charge in [0.15, 0.2) is 0 Å². The van der Waals surface area contributed by atoms with Crippen molar-refractivity contribution in [3.05, 3.63) is 42.2 Å². The lowest BCUT2D eigenvalue weighted by atomic mass is 10.2. The molecule has 4 heteroatoms. The average molecular weight is 188 g/mol. The number of aromatic nitrogens is 3. The van der Waals surface area contributed by atoms with Crippen molar-refractivity contribution in [2.75, 3.05) is 7.05 Å². The first kappa shape index (κ1) is 8.90. The van der Waals surface area contributed by atoms with E-state index in [4.69, 9.17) is 0 Å². The van der Waals surface area contributed by atoms with E-state index < -0.39 is 0 Å². The number of benzene rings is 1. The van der Waals surface area contributed by atoms with Crippen LogP contribution in [0.4, 0.5) is 0 Å². The van der Waals surface area contributed by atoms with Crippen LogP contribution >= 0.6 is 0 Å². The van der Waals surface area contributed by atoms with Gasteiger partial charge < -0.3 is 5.32 Å². The van der Waals surface area contributed by atoms with Gasteiger partial charge in [-0.3, -0.25) is 0 Å². The molecule has 2 aromatic rings. The van der Waals surface area contributed by atoms with Crippen LogP contribution in [0.2, 0.25) is 0 Å². The summed E-state index contributed by atoms with van der Waals surface area (Å²) in [5.74, 6) is 0. The van der Waals surface area contributed by atoms with Gasteiger partial charge in [0, 0.05) is 6.54 Å². The van der Waals surface area contributed by atoms with Gasteiger partial charge in [-0.2, -0.15) is 0 Å². The molecule has 0 atom stereocenters. The number of hydrogen-bond acceptors (Lipinski definition) is 3. The van der Waals surface area contributed by atoms with Gasteiger partial charge in [-0.25, -0.2) is 4.68 Å². The normalized spacial score (nSPS) is 10.4. The molecular formula is C10H12N4. The van der Waals surface area contributed by atoms with E-state index in [0.29, 0.717) is 0 Å². The molecule has 1 N–H and O–H groups in total. The van der Waals surface area contributed by atoms with Crippen molar-refractivity contribution in [1.29, 1.82) is 0 Å². The van der Waals surface area contributed by atoms with Crippen molar-refractivity contribution in [1.82, 2.24) is 20.3 Å². The molecule has 0 aliphatic carbocycles. The second-order valence-corrected chi connectivity index (χ2v) is 3.04. The molecule has 1 aromatic heterocycles. The lowest BCUT2D eigenvalue weighted by molar-refractivity contribution is 0.796. The Hall–Kier alpha value is -1.68. The van der Waals surface area contributed by atoms with Crippen molar-refractivity contribution in [2.45, 2.75) is 6.54 Å². The van der Waals surface area contributed by atoms with Gasteiger partial charge in [0.05, 0.1) is 18.1 Å². The van der Waals surface area contributed by atoms with Crippen LogP contribution < -0.4 is 5.32 Å². The maximum absolute atomic E-state index is 3.91. The van der Waals surface area contributed by atoms with Crippen LogP contribution in [0, 0.1) is 0 Å². The van der Waals surface area contributed by atoms with Crippen LogP contribution in [0.3, 0.4) is 0 Å².